The maximum Gasteiger partial charge on any atom is 0.148 e. The molecule has 1 aromatic heterocycles. The van der Waals surface area contributed by atoms with Crippen LogP contribution in [0.15, 0.2) is 30.5 Å². The molecule has 0 aliphatic heterocycles. The molecule has 0 saturated carbocycles. The molecule has 5 heteroatoms. The lowest BCUT2D eigenvalue weighted by Gasteiger charge is -2.13. The van der Waals surface area contributed by atoms with Gasteiger partial charge in [0.15, 0.2) is 0 Å². The van der Waals surface area contributed by atoms with Crippen molar-refractivity contribution in [3.63, 3.8) is 0 Å². The number of halogens is 2. The van der Waals surface area contributed by atoms with Gasteiger partial charge in [-0.15, -0.1) is 0 Å². The average Bonchev–Trinajstić information content (AvgIpc) is 2.62. The topological polar surface area (TPSA) is 29.9 Å². The summed E-state index contributed by atoms with van der Waals surface area (Å²) in [4.78, 5) is 0. The van der Waals surface area contributed by atoms with Gasteiger partial charge >= 0.3 is 0 Å². The molecule has 1 atom stereocenters. The van der Waals surface area contributed by atoms with Gasteiger partial charge in [0.2, 0.25) is 0 Å². The second kappa shape index (κ2) is 4.53. The molecule has 0 aliphatic rings. The van der Waals surface area contributed by atoms with Crippen molar-refractivity contribution < 1.29 is 8.78 Å². The molecule has 90 valence electrons. The highest BCUT2D eigenvalue weighted by molar-refractivity contribution is 5.37. The number of aryl methyl sites for hydroxylation is 1. The number of nitrogens with one attached hydrogen (secondary N) is 1. The highest BCUT2D eigenvalue weighted by atomic mass is 19.1. The van der Waals surface area contributed by atoms with E-state index in [0.29, 0.717) is 11.4 Å². The minimum absolute atomic E-state index is 0.213. The van der Waals surface area contributed by atoms with E-state index in [1.807, 2.05) is 6.92 Å². The number of aromatic nitrogens is 2. The van der Waals surface area contributed by atoms with Gasteiger partial charge in [0.1, 0.15) is 17.5 Å². The molecule has 1 unspecified atom stereocenters. The third kappa shape index (κ3) is 2.81. The molecule has 1 N–H and O–H groups in total. The molecule has 1 heterocycles. The van der Waals surface area contributed by atoms with Gasteiger partial charge in [0, 0.05) is 25.4 Å². The number of benzene rings is 1. The number of nitrogens with zero attached hydrogens (tertiary/aromatic N) is 2. The molecule has 0 bridgehead atoms. The highest BCUT2D eigenvalue weighted by Crippen LogP contribution is 2.19. The fourth-order valence-corrected chi connectivity index (χ4v) is 1.62. The molecular formula is C12H13F2N3. The lowest BCUT2D eigenvalue weighted by Crippen LogP contribution is -2.08. The Balaban J connectivity index is 2.16. The fraction of sp³-hybridized carbons (Fsp3) is 0.250. The predicted octanol–water partition coefficient (Wildman–Crippen LogP) is 2.87. The van der Waals surface area contributed by atoms with E-state index in [2.05, 4.69) is 10.4 Å². The molecular weight excluding hydrogens is 224 g/mol. The van der Waals surface area contributed by atoms with Crippen LogP contribution in [0, 0.1) is 11.6 Å². The molecule has 0 radical (unpaired) electrons. The van der Waals surface area contributed by atoms with Crippen molar-refractivity contribution >= 4 is 5.82 Å². The van der Waals surface area contributed by atoms with E-state index in [1.165, 1.54) is 12.1 Å². The number of hydrogen-bond donors (Lipinski definition) is 1. The van der Waals surface area contributed by atoms with Gasteiger partial charge in [0.05, 0.1) is 6.04 Å². The molecule has 0 amide bonds. The Labute approximate surface area is 98.1 Å². The van der Waals surface area contributed by atoms with Gasteiger partial charge in [-0.05, 0) is 24.6 Å². The van der Waals surface area contributed by atoms with E-state index in [9.17, 15) is 8.78 Å². The molecule has 2 rings (SSSR count). The molecule has 0 fully saturated rings. The number of rotatable bonds is 3. The maximum absolute atomic E-state index is 13.0. The Kier molecular flexibility index (Phi) is 3.08. The Bertz CT molecular complexity index is 502. The van der Waals surface area contributed by atoms with Crippen LogP contribution in [-0.2, 0) is 7.05 Å². The zero-order valence-electron chi connectivity index (χ0n) is 9.61. The van der Waals surface area contributed by atoms with E-state index < -0.39 is 11.6 Å². The van der Waals surface area contributed by atoms with Crippen LogP contribution in [0.4, 0.5) is 14.6 Å². The average molecular weight is 237 g/mol. The zero-order valence-corrected chi connectivity index (χ0v) is 9.61. The highest BCUT2D eigenvalue weighted by Gasteiger charge is 2.09. The molecule has 0 saturated heterocycles. The SMILES string of the molecule is CC(Nc1ccn(C)n1)c1cc(F)cc(F)c1. The van der Waals surface area contributed by atoms with Gasteiger partial charge in [-0.1, -0.05) is 0 Å². The van der Waals surface area contributed by atoms with Crippen LogP contribution in [0.3, 0.4) is 0 Å². The van der Waals surface area contributed by atoms with Crippen molar-refractivity contribution in [1.29, 1.82) is 0 Å². The smallest absolute Gasteiger partial charge is 0.148 e. The second-order valence-corrected chi connectivity index (χ2v) is 3.94. The molecule has 3 nitrogen and oxygen atoms in total. The number of hydrogen-bond acceptors (Lipinski definition) is 2. The van der Waals surface area contributed by atoms with E-state index in [4.69, 9.17) is 0 Å². The van der Waals surface area contributed by atoms with E-state index in [1.54, 1.807) is 24.0 Å². The van der Waals surface area contributed by atoms with Crippen molar-refractivity contribution in [2.75, 3.05) is 5.32 Å². The molecule has 2 aromatic rings. The van der Waals surface area contributed by atoms with E-state index in [-0.39, 0.29) is 6.04 Å². The minimum atomic E-state index is -0.574. The quantitative estimate of drug-likeness (QED) is 0.889. The summed E-state index contributed by atoms with van der Waals surface area (Å²) in [6.07, 6.45) is 1.79. The summed E-state index contributed by atoms with van der Waals surface area (Å²) in [6, 6.07) is 5.06. The standard InChI is InChI=1S/C12H13F2N3/c1-8(15-12-3-4-17(2)16-12)9-5-10(13)7-11(14)6-9/h3-8H,1-2H3,(H,15,16). The van der Waals surface area contributed by atoms with Crippen LogP contribution >= 0.6 is 0 Å². The third-order valence-electron chi connectivity index (χ3n) is 2.46. The summed E-state index contributed by atoms with van der Waals surface area (Å²) >= 11 is 0. The minimum Gasteiger partial charge on any atom is -0.362 e. The molecule has 1 aromatic carbocycles. The van der Waals surface area contributed by atoms with Crippen LogP contribution in [0.5, 0.6) is 0 Å². The van der Waals surface area contributed by atoms with Crippen LogP contribution in [0.2, 0.25) is 0 Å². The molecule has 0 spiro atoms. The van der Waals surface area contributed by atoms with E-state index in [0.717, 1.165) is 6.07 Å². The monoisotopic (exact) mass is 237 g/mol. The van der Waals surface area contributed by atoms with Crippen LogP contribution in [-0.4, -0.2) is 9.78 Å². The summed E-state index contributed by atoms with van der Waals surface area (Å²) in [7, 11) is 1.80. The lowest BCUT2D eigenvalue weighted by atomic mass is 10.1. The van der Waals surface area contributed by atoms with Crippen molar-refractivity contribution in [2.45, 2.75) is 13.0 Å². The Morgan fingerprint density at radius 1 is 1.24 bits per heavy atom. The van der Waals surface area contributed by atoms with Gasteiger partial charge in [-0.2, -0.15) is 5.10 Å². The Morgan fingerprint density at radius 2 is 1.88 bits per heavy atom. The largest absolute Gasteiger partial charge is 0.362 e. The van der Waals surface area contributed by atoms with E-state index >= 15 is 0 Å². The first-order chi connectivity index (χ1) is 8.04. The van der Waals surface area contributed by atoms with Gasteiger partial charge < -0.3 is 5.32 Å². The van der Waals surface area contributed by atoms with Crippen LogP contribution < -0.4 is 5.32 Å². The zero-order chi connectivity index (χ0) is 12.4. The van der Waals surface area contributed by atoms with Crippen molar-refractivity contribution in [1.82, 2.24) is 9.78 Å². The van der Waals surface area contributed by atoms with Crippen molar-refractivity contribution in [2.24, 2.45) is 7.05 Å². The van der Waals surface area contributed by atoms with Crippen molar-refractivity contribution in [3.05, 3.63) is 47.7 Å². The Morgan fingerprint density at radius 3 is 2.41 bits per heavy atom. The fourth-order valence-electron chi connectivity index (χ4n) is 1.62. The van der Waals surface area contributed by atoms with Gasteiger partial charge in [-0.25, -0.2) is 8.78 Å². The van der Waals surface area contributed by atoms with Gasteiger partial charge in [-0.3, -0.25) is 4.68 Å². The third-order valence-corrected chi connectivity index (χ3v) is 2.46. The first-order valence-electron chi connectivity index (χ1n) is 5.27. The summed E-state index contributed by atoms with van der Waals surface area (Å²) in [5, 5.41) is 7.21. The van der Waals surface area contributed by atoms with Crippen LogP contribution in [0.25, 0.3) is 0 Å². The number of anilines is 1. The molecule has 0 aliphatic carbocycles. The van der Waals surface area contributed by atoms with Gasteiger partial charge in [0.25, 0.3) is 0 Å². The summed E-state index contributed by atoms with van der Waals surface area (Å²) in [6.45, 7) is 1.82. The lowest BCUT2D eigenvalue weighted by molar-refractivity contribution is 0.577. The summed E-state index contributed by atoms with van der Waals surface area (Å²) < 4.78 is 27.7. The Hall–Kier alpha value is -1.91. The first-order valence-corrected chi connectivity index (χ1v) is 5.27. The molecule has 17 heavy (non-hydrogen) atoms. The normalized spacial score (nSPS) is 12.5. The first kappa shape index (κ1) is 11.6. The van der Waals surface area contributed by atoms with Crippen LogP contribution in [0.1, 0.15) is 18.5 Å². The second-order valence-electron chi connectivity index (χ2n) is 3.94. The summed E-state index contributed by atoms with van der Waals surface area (Å²) in [5.41, 5.74) is 0.549. The summed E-state index contributed by atoms with van der Waals surface area (Å²) in [5.74, 6) is -0.478. The predicted molar refractivity (Wildman–Crippen MR) is 61.6 cm³/mol. The van der Waals surface area contributed by atoms with Crippen molar-refractivity contribution in [3.8, 4) is 0 Å². The maximum atomic E-state index is 13.0.